The number of carboxylic acid groups (broad SMARTS) is 1. The van der Waals surface area contributed by atoms with Crippen LogP contribution in [0.2, 0.25) is 0 Å². The molecule has 0 radical (unpaired) electrons. The second kappa shape index (κ2) is 16.6. The van der Waals surface area contributed by atoms with E-state index >= 15 is 0 Å². The summed E-state index contributed by atoms with van der Waals surface area (Å²) in [5, 5.41) is 11.8. The Hall–Kier alpha value is -3.67. The molecule has 12 nitrogen and oxygen atoms in total. The summed E-state index contributed by atoms with van der Waals surface area (Å²) in [6.07, 6.45) is 3.72. The van der Waals surface area contributed by atoms with Crippen molar-refractivity contribution in [1.82, 2.24) is 15.1 Å². The summed E-state index contributed by atoms with van der Waals surface area (Å²) in [6.45, 7) is 5.77. The fourth-order valence-corrected chi connectivity index (χ4v) is 4.48. The van der Waals surface area contributed by atoms with Crippen molar-refractivity contribution in [2.24, 2.45) is 11.7 Å². The second-order valence-corrected chi connectivity index (χ2v) is 11.2. The smallest absolute Gasteiger partial charge is 0.410 e. The fourth-order valence-electron chi connectivity index (χ4n) is 4.48. The molecule has 0 unspecified atom stereocenters. The van der Waals surface area contributed by atoms with Crippen LogP contribution >= 0.6 is 0 Å². The lowest BCUT2D eigenvalue weighted by Crippen LogP contribution is -2.52. The fraction of sp³-hybridized carbons (Fsp3) is 0.621. The average Bonchev–Trinajstić information content (AvgIpc) is 2.93. The van der Waals surface area contributed by atoms with Crippen molar-refractivity contribution < 1.29 is 38.6 Å². The van der Waals surface area contributed by atoms with E-state index in [1.807, 2.05) is 26.8 Å². The summed E-state index contributed by atoms with van der Waals surface area (Å²) in [5.41, 5.74) is 5.66. The van der Waals surface area contributed by atoms with Crippen LogP contribution in [0.5, 0.6) is 0 Å². The molecule has 1 aromatic carbocycles. The Morgan fingerprint density at radius 2 is 1.71 bits per heavy atom. The molecule has 0 aromatic heterocycles. The number of carbonyl (C=O) groups is 5. The van der Waals surface area contributed by atoms with Crippen LogP contribution in [0.3, 0.4) is 0 Å². The molecule has 0 bridgehead atoms. The number of rotatable bonds is 13. The van der Waals surface area contributed by atoms with Gasteiger partial charge < -0.3 is 30.5 Å². The summed E-state index contributed by atoms with van der Waals surface area (Å²) < 4.78 is 10.5. The maximum atomic E-state index is 12.8. The predicted molar refractivity (Wildman–Crippen MR) is 151 cm³/mol. The number of ether oxygens (including phenoxy) is 2. The van der Waals surface area contributed by atoms with Gasteiger partial charge in [0.2, 0.25) is 11.8 Å². The minimum atomic E-state index is -1.55. The van der Waals surface area contributed by atoms with E-state index in [4.69, 9.17) is 15.2 Å². The van der Waals surface area contributed by atoms with Crippen LogP contribution in [0.15, 0.2) is 30.3 Å². The van der Waals surface area contributed by atoms with Gasteiger partial charge in [0.05, 0.1) is 13.1 Å². The van der Waals surface area contributed by atoms with Crippen molar-refractivity contribution in [3.05, 3.63) is 35.9 Å². The van der Waals surface area contributed by atoms with Gasteiger partial charge in [0.15, 0.2) is 0 Å². The molecule has 1 aliphatic rings. The highest BCUT2D eigenvalue weighted by Crippen LogP contribution is 2.24. The molecule has 41 heavy (non-hydrogen) atoms. The van der Waals surface area contributed by atoms with Crippen LogP contribution in [0.1, 0.15) is 71.3 Å². The number of benzene rings is 1. The third-order valence-corrected chi connectivity index (χ3v) is 6.71. The molecule has 1 atom stereocenters. The average molecular weight is 577 g/mol. The van der Waals surface area contributed by atoms with Crippen molar-refractivity contribution >= 4 is 30.0 Å². The van der Waals surface area contributed by atoms with E-state index in [9.17, 15) is 29.1 Å². The molecule has 4 amide bonds. The summed E-state index contributed by atoms with van der Waals surface area (Å²) in [4.78, 5) is 63.9. The van der Waals surface area contributed by atoms with Crippen molar-refractivity contribution in [2.45, 2.75) is 84.0 Å². The Morgan fingerprint density at radius 3 is 2.29 bits per heavy atom. The molecule has 0 spiro atoms. The standard InChI is InChI=1S/C29H44N4O8/c1-29(2,3)41-28(39)32-16-14-21(15-17-32)10-6-5-9-13-24(34)33(25(35)18-30)19-23(26(36)37)31-27(38)40-20-22-11-7-4-8-12-22/h4,7-8,11-12,21,23H,5-6,9-10,13-20,30H2,1-3H3,(H,31,38)(H,36,37)/t23-/m0/s1. The lowest BCUT2D eigenvalue weighted by atomic mass is 9.91. The number of nitrogens with zero attached hydrogens (tertiary/aromatic N) is 2. The number of carbonyl (C=O) groups excluding carboxylic acids is 4. The van der Waals surface area contributed by atoms with E-state index in [2.05, 4.69) is 5.32 Å². The van der Waals surface area contributed by atoms with Gasteiger partial charge in [-0.15, -0.1) is 0 Å². The molecule has 0 aliphatic carbocycles. The largest absolute Gasteiger partial charge is 0.480 e. The molecule has 1 fully saturated rings. The maximum absolute atomic E-state index is 12.8. The van der Waals surface area contributed by atoms with Gasteiger partial charge in [0, 0.05) is 19.5 Å². The predicted octanol–water partition coefficient (Wildman–Crippen LogP) is 3.28. The van der Waals surface area contributed by atoms with Crippen LogP contribution in [-0.4, -0.2) is 82.7 Å². The monoisotopic (exact) mass is 576 g/mol. The number of alkyl carbamates (subject to hydrolysis) is 1. The molecule has 2 rings (SSSR count). The number of hydrogen-bond donors (Lipinski definition) is 3. The SMILES string of the molecule is CC(C)(C)OC(=O)N1CCC(CCCCCC(=O)N(C[C@H](NC(=O)OCc2ccccc2)C(=O)O)C(=O)CN)CC1. The molecule has 12 heteroatoms. The van der Waals surface area contributed by atoms with Crippen LogP contribution in [-0.2, 0) is 30.5 Å². The zero-order chi connectivity index (χ0) is 30.4. The number of unbranched alkanes of at least 4 members (excludes halogenated alkanes) is 2. The van der Waals surface area contributed by atoms with E-state index in [-0.39, 0.29) is 19.1 Å². The van der Waals surface area contributed by atoms with E-state index in [1.165, 1.54) is 0 Å². The van der Waals surface area contributed by atoms with Gasteiger partial charge in [-0.2, -0.15) is 0 Å². The number of hydrogen-bond acceptors (Lipinski definition) is 8. The third kappa shape index (κ3) is 12.6. The Balaban J connectivity index is 1.75. The summed E-state index contributed by atoms with van der Waals surface area (Å²) in [6, 6.07) is 7.30. The van der Waals surface area contributed by atoms with Gasteiger partial charge in [-0.05, 0) is 51.5 Å². The first-order valence-electron chi connectivity index (χ1n) is 14.1. The Morgan fingerprint density at radius 1 is 1.05 bits per heavy atom. The number of amides is 4. The Kier molecular flexibility index (Phi) is 13.5. The van der Waals surface area contributed by atoms with E-state index in [1.54, 1.807) is 29.2 Å². The highest BCUT2D eigenvalue weighted by molar-refractivity contribution is 5.97. The topological polar surface area (TPSA) is 169 Å². The molecule has 1 aliphatic heterocycles. The first kappa shape index (κ1) is 33.5. The van der Waals surface area contributed by atoms with Gasteiger partial charge in [-0.25, -0.2) is 14.4 Å². The molecular formula is C29H44N4O8. The van der Waals surface area contributed by atoms with Gasteiger partial charge in [0.25, 0.3) is 0 Å². The maximum Gasteiger partial charge on any atom is 0.410 e. The Labute approximate surface area is 241 Å². The number of likely N-dealkylation sites (tertiary alicyclic amines) is 1. The number of nitrogens with two attached hydrogens (primary N) is 1. The first-order chi connectivity index (χ1) is 19.4. The van der Waals surface area contributed by atoms with Gasteiger partial charge in [-0.1, -0.05) is 49.6 Å². The minimum Gasteiger partial charge on any atom is -0.480 e. The molecule has 1 saturated heterocycles. The van der Waals surface area contributed by atoms with Gasteiger partial charge in [-0.3, -0.25) is 14.5 Å². The quantitative estimate of drug-likeness (QED) is 0.298. The van der Waals surface area contributed by atoms with Gasteiger partial charge >= 0.3 is 18.2 Å². The van der Waals surface area contributed by atoms with Crippen LogP contribution in [0, 0.1) is 5.92 Å². The third-order valence-electron chi connectivity index (χ3n) is 6.71. The van der Waals surface area contributed by atoms with Gasteiger partial charge in [0.1, 0.15) is 18.2 Å². The first-order valence-corrected chi connectivity index (χ1v) is 14.1. The number of piperidine rings is 1. The summed E-state index contributed by atoms with van der Waals surface area (Å²) >= 11 is 0. The molecule has 1 aromatic rings. The normalized spacial score (nSPS) is 14.6. The summed E-state index contributed by atoms with van der Waals surface area (Å²) in [7, 11) is 0. The Bertz CT molecular complexity index is 1020. The van der Waals surface area contributed by atoms with Crippen molar-refractivity contribution in [1.29, 1.82) is 0 Å². The molecule has 228 valence electrons. The molecule has 1 heterocycles. The van der Waals surface area contributed by atoms with E-state index in [0.29, 0.717) is 25.4 Å². The van der Waals surface area contributed by atoms with E-state index < -0.39 is 48.6 Å². The highest BCUT2D eigenvalue weighted by atomic mass is 16.6. The lowest BCUT2D eigenvalue weighted by molar-refractivity contribution is -0.146. The van der Waals surface area contributed by atoms with Crippen molar-refractivity contribution in [3.8, 4) is 0 Å². The molecule has 4 N–H and O–H groups in total. The molecule has 0 saturated carbocycles. The number of carboxylic acids is 1. The second-order valence-electron chi connectivity index (χ2n) is 11.2. The van der Waals surface area contributed by atoms with Crippen LogP contribution in [0.25, 0.3) is 0 Å². The number of nitrogens with one attached hydrogen (secondary N) is 1. The minimum absolute atomic E-state index is 0.0492. The van der Waals surface area contributed by atoms with Crippen LogP contribution < -0.4 is 11.1 Å². The van der Waals surface area contributed by atoms with Crippen molar-refractivity contribution in [2.75, 3.05) is 26.2 Å². The highest BCUT2D eigenvalue weighted by Gasteiger charge is 2.30. The summed E-state index contributed by atoms with van der Waals surface area (Å²) in [5.74, 6) is -2.19. The number of aliphatic carboxylic acids is 1. The zero-order valence-corrected chi connectivity index (χ0v) is 24.3. The molecular weight excluding hydrogens is 532 g/mol. The lowest BCUT2D eigenvalue weighted by Gasteiger charge is -2.33. The number of imide groups is 1. The van der Waals surface area contributed by atoms with Crippen molar-refractivity contribution in [3.63, 3.8) is 0 Å². The zero-order valence-electron chi connectivity index (χ0n) is 24.3. The van der Waals surface area contributed by atoms with Crippen LogP contribution in [0.4, 0.5) is 9.59 Å². The van der Waals surface area contributed by atoms with E-state index in [0.717, 1.165) is 42.6 Å².